The molecule has 0 aliphatic carbocycles. The molecule has 0 radical (unpaired) electrons. The Balaban J connectivity index is 2.64. The zero-order valence-electron chi connectivity index (χ0n) is 10.4. The molecule has 4 nitrogen and oxygen atoms in total. The average Bonchev–Trinajstić information content (AvgIpc) is 2.35. The fraction of sp³-hybridized carbons (Fsp3) is 0.385. The van der Waals surface area contributed by atoms with Crippen molar-refractivity contribution >= 4 is 46.7 Å². The highest BCUT2D eigenvalue weighted by molar-refractivity contribution is 6.67. The molecule has 1 atom stereocenters. The van der Waals surface area contributed by atoms with Crippen LogP contribution in [0.25, 0.3) is 0 Å². The van der Waals surface area contributed by atoms with Gasteiger partial charge in [-0.05, 0) is 25.0 Å². The molecule has 0 fully saturated rings. The number of benzene rings is 1. The quantitative estimate of drug-likeness (QED) is 0.632. The summed E-state index contributed by atoms with van der Waals surface area (Å²) in [6.45, 7) is 0. The van der Waals surface area contributed by atoms with Gasteiger partial charge in [-0.2, -0.15) is 0 Å². The summed E-state index contributed by atoms with van der Waals surface area (Å²) in [5.74, 6) is -1.68. The number of alkyl halides is 3. The molecular formula is C13H13Cl3O4. The van der Waals surface area contributed by atoms with E-state index in [1.54, 1.807) is 30.3 Å². The Morgan fingerprint density at radius 1 is 1.20 bits per heavy atom. The van der Waals surface area contributed by atoms with Gasteiger partial charge in [-0.15, -0.1) is 0 Å². The van der Waals surface area contributed by atoms with E-state index in [4.69, 9.17) is 44.6 Å². The standard InChI is InChI=1S/C13H13Cl3O4/c14-13(15,16)7-6-10(8-11(17)18)20-12(19)9-4-2-1-3-5-9/h1-5,10H,6-8H2,(H,17,18). The number of carboxylic acid groups (broad SMARTS) is 1. The Bertz CT molecular complexity index is 456. The molecule has 20 heavy (non-hydrogen) atoms. The van der Waals surface area contributed by atoms with Gasteiger partial charge in [0.25, 0.3) is 0 Å². The smallest absolute Gasteiger partial charge is 0.338 e. The molecule has 1 N–H and O–H groups in total. The Labute approximate surface area is 131 Å². The molecule has 0 bridgehead atoms. The molecule has 110 valence electrons. The van der Waals surface area contributed by atoms with Crippen molar-refractivity contribution < 1.29 is 19.4 Å². The van der Waals surface area contributed by atoms with Crippen molar-refractivity contribution in [2.75, 3.05) is 0 Å². The van der Waals surface area contributed by atoms with Crippen LogP contribution >= 0.6 is 34.8 Å². The first-order chi connectivity index (χ1) is 9.28. The van der Waals surface area contributed by atoms with Gasteiger partial charge in [0.2, 0.25) is 0 Å². The zero-order chi connectivity index (χ0) is 15.2. The number of carbonyl (C=O) groups is 2. The molecule has 1 aromatic carbocycles. The van der Waals surface area contributed by atoms with E-state index in [2.05, 4.69) is 0 Å². The van der Waals surface area contributed by atoms with Gasteiger partial charge in [-0.25, -0.2) is 4.79 Å². The highest BCUT2D eigenvalue weighted by atomic mass is 35.6. The first-order valence-corrected chi connectivity index (χ1v) is 6.96. The lowest BCUT2D eigenvalue weighted by molar-refractivity contribution is -0.139. The molecule has 0 aliphatic heterocycles. The van der Waals surface area contributed by atoms with E-state index in [0.29, 0.717) is 5.56 Å². The van der Waals surface area contributed by atoms with E-state index in [9.17, 15) is 9.59 Å². The Morgan fingerprint density at radius 2 is 1.80 bits per heavy atom. The van der Waals surface area contributed by atoms with Crippen LogP contribution < -0.4 is 0 Å². The van der Waals surface area contributed by atoms with Crippen LogP contribution in [0.4, 0.5) is 0 Å². The van der Waals surface area contributed by atoms with Crippen LogP contribution in [0.1, 0.15) is 29.6 Å². The van der Waals surface area contributed by atoms with Crippen LogP contribution in [0.2, 0.25) is 0 Å². The summed E-state index contributed by atoms with van der Waals surface area (Å²) in [7, 11) is 0. The molecule has 1 rings (SSSR count). The monoisotopic (exact) mass is 338 g/mol. The van der Waals surface area contributed by atoms with E-state index in [0.717, 1.165) is 0 Å². The van der Waals surface area contributed by atoms with E-state index >= 15 is 0 Å². The molecule has 7 heteroatoms. The summed E-state index contributed by atoms with van der Waals surface area (Å²) >= 11 is 16.8. The number of halogens is 3. The van der Waals surface area contributed by atoms with Crippen molar-refractivity contribution in [3.8, 4) is 0 Å². The maximum Gasteiger partial charge on any atom is 0.338 e. The summed E-state index contributed by atoms with van der Waals surface area (Å²) in [6.07, 6.45) is -0.922. The van der Waals surface area contributed by atoms with Crippen molar-refractivity contribution in [3.05, 3.63) is 35.9 Å². The maximum absolute atomic E-state index is 11.8. The van der Waals surface area contributed by atoms with Gasteiger partial charge in [0.15, 0.2) is 3.79 Å². The van der Waals surface area contributed by atoms with Gasteiger partial charge in [0.05, 0.1) is 12.0 Å². The SMILES string of the molecule is O=C(O)CC(CCC(Cl)(Cl)Cl)OC(=O)c1ccccc1. The Hall–Kier alpha value is -0.970. The van der Waals surface area contributed by atoms with Crippen LogP contribution in [-0.4, -0.2) is 26.9 Å². The molecule has 0 aliphatic rings. The molecule has 0 amide bonds. The predicted molar refractivity (Wildman–Crippen MR) is 77.4 cm³/mol. The molecule has 0 aromatic heterocycles. The number of hydrogen-bond acceptors (Lipinski definition) is 3. The van der Waals surface area contributed by atoms with E-state index in [1.807, 2.05) is 0 Å². The van der Waals surface area contributed by atoms with E-state index < -0.39 is 21.8 Å². The summed E-state index contributed by atoms with van der Waals surface area (Å²) in [5, 5.41) is 8.81. The highest BCUT2D eigenvalue weighted by Gasteiger charge is 2.25. The third-order valence-electron chi connectivity index (χ3n) is 2.44. The Kier molecular flexibility index (Phi) is 6.59. The number of carbonyl (C=O) groups excluding carboxylic acids is 1. The van der Waals surface area contributed by atoms with Crippen molar-refractivity contribution in [2.24, 2.45) is 0 Å². The van der Waals surface area contributed by atoms with Gasteiger partial charge in [0.1, 0.15) is 6.10 Å². The van der Waals surface area contributed by atoms with Gasteiger partial charge in [0, 0.05) is 0 Å². The maximum atomic E-state index is 11.8. The number of hydrogen-bond donors (Lipinski definition) is 1. The Morgan fingerprint density at radius 3 is 2.30 bits per heavy atom. The predicted octanol–water partition coefficient (Wildman–Crippen LogP) is 3.84. The number of rotatable bonds is 6. The molecule has 1 unspecified atom stereocenters. The fourth-order valence-corrected chi connectivity index (χ4v) is 1.84. The van der Waals surface area contributed by atoms with Gasteiger partial charge < -0.3 is 9.84 Å². The highest BCUT2D eigenvalue weighted by Crippen LogP contribution is 2.32. The summed E-state index contributed by atoms with van der Waals surface area (Å²) in [4.78, 5) is 22.6. The van der Waals surface area contributed by atoms with E-state index in [-0.39, 0.29) is 19.3 Å². The van der Waals surface area contributed by atoms with Crippen molar-refractivity contribution in [2.45, 2.75) is 29.2 Å². The zero-order valence-corrected chi connectivity index (χ0v) is 12.7. The molecule has 0 saturated heterocycles. The largest absolute Gasteiger partial charge is 0.481 e. The number of ether oxygens (including phenoxy) is 1. The van der Waals surface area contributed by atoms with E-state index in [1.165, 1.54) is 0 Å². The number of carboxylic acids is 1. The van der Waals surface area contributed by atoms with Gasteiger partial charge >= 0.3 is 11.9 Å². The molecule has 0 heterocycles. The molecular weight excluding hydrogens is 326 g/mol. The first kappa shape index (κ1) is 17.1. The summed E-state index contributed by atoms with van der Waals surface area (Å²) < 4.78 is 3.64. The van der Waals surface area contributed by atoms with Gasteiger partial charge in [-0.3, -0.25) is 4.79 Å². The lowest BCUT2D eigenvalue weighted by Gasteiger charge is -2.18. The van der Waals surface area contributed by atoms with Crippen LogP contribution in [-0.2, 0) is 9.53 Å². The van der Waals surface area contributed by atoms with Crippen molar-refractivity contribution in [1.29, 1.82) is 0 Å². The second kappa shape index (κ2) is 7.72. The lowest BCUT2D eigenvalue weighted by atomic mass is 10.1. The van der Waals surface area contributed by atoms with Crippen molar-refractivity contribution in [1.82, 2.24) is 0 Å². The van der Waals surface area contributed by atoms with Crippen LogP contribution in [0, 0.1) is 0 Å². The fourth-order valence-electron chi connectivity index (χ4n) is 1.52. The van der Waals surface area contributed by atoms with Crippen molar-refractivity contribution in [3.63, 3.8) is 0 Å². The minimum absolute atomic E-state index is 0.0949. The normalized spacial score (nSPS) is 12.8. The third-order valence-corrected chi connectivity index (χ3v) is 3.00. The van der Waals surface area contributed by atoms with Crippen LogP contribution in [0.5, 0.6) is 0 Å². The third kappa shape index (κ3) is 6.98. The van der Waals surface area contributed by atoms with Gasteiger partial charge in [-0.1, -0.05) is 53.0 Å². The molecule has 0 spiro atoms. The molecule has 0 saturated carbocycles. The summed E-state index contributed by atoms with van der Waals surface area (Å²) in [6, 6.07) is 8.28. The summed E-state index contributed by atoms with van der Waals surface area (Å²) in [5.41, 5.74) is 0.344. The topological polar surface area (TPSA) is 63.6 Å². The number of esters is 1. The first-order valence-electron chi connectivity index (χ1n) is 5.82. The average molecular weight is 340 g/mol. The lowest BCUT2D eigenvalue weighted by Crippen LogP contribution is -2.23. The minimum atomic E-state index is -1.50. The molecule has 1 aromatic rings. The minimum Gasteiger partial charge on any atom is -0.481 e. The second-order valence-corrected chi connectivity index (χ2v) is 6.66. The number of aliphatic carboxylic acids is 1. The van der Waals surface area contributed by atoms with Crippen LogP contribution in [0.3, 0.4) is 0 Å². The van der Waals surface area contributed by atoms with Crippen LogP contribution in [0.15, 0.2) is 30.3 Å². The second-order valence-electron chi connectivity index (χ2n) is 4.15.